The Labute approximate surface area is 171 Å². The van der Waals surface area contributed by atoms with Gasteiger partial charge in [0.25, 0.3) is 5.91 Å². The molecule has 9 nitrogen and oxygen atoms in total. The van der Waals surface area contributed by atoms with Crippen molar-refractivity contribution in [2.24, 2.45) is 5.41 Å². The van der Waals surface area contributed by atoms with Gasteiger partial charge in [-0.25, -0.2) is 0 Å². The number of carboxylic acids is 2. The zero-order valence-corrected chi connectivity index (χ0v) is 17.5. The number of likely N-dealkylation sites (N-methyl/N-ethyl adjacent to an activating group) is 1. The molecule has 9 heteroatoms. The van der Waals surface area contributed by atoms with Gasteiger partial charge in [-0.1, -0.05) is 34.6 Å². The quantitative estimate of drug-likeness (QED) is 0.565. The van der Waals surface area contributed by atoms with Crippen LogP contribution < -0.4 is 20.8 Å². The highest BCUT2D eigenvalue weighted by molar-refractivity contribution is 6.25. The number of rotatable bonds is 7. The molecular formula is C20H29N3O6-2. The molecular weight excluding hydrogens is 378 g/mol. The lowest BCUT2D eigenvalue weighted by atomic mass is 9.95. The Kier molecular flexibility index (Phi) is 11.2. The molecule has 162 valence electrons. The van der Waals surface area contributed by atoms with Gasteiger partial charge in [-0.3, -0.25) is 9.59 Å². The highest BCUT2D eigenvalue weighted by Crippen LogP contribution is 2.17. The van der Waals surface area contributed by atoms with Gasteiger partial charge in [-0.2, -0.15) is 0 Å². The summed E-state index contributed by atoms with van der Waals surface area (Å²) < 4.78 is 0. The fourth-order valence-corrected chi connectivity index (χ4v) is 1.99. The first kappa shape index (κ1) is 26.1. The topological polar surface area (TPSA) is 142 Å². The Morgan fingerprint density at radius 3 is 1.79 bits per heavy atom. The van der Waals surface area contributed by atoms with Crippen molar-refractivity contribution in [1.29, 1.82) is 0 Å². The largest absolute Gasteiger partial charge is 0.543 e. The van der Waals surface area contributed by atoms with Crippen LogP contribution in [0.15, 0.2) is 24.3 Å². The van der Waals surface area contributed by atoms with Crippen molar-refractivity contribution in [3.8, 4) is 0 Å². The van der Waals surface area contributed by atoms with E-state index in [2.05, 4.69) is 29.4 Å². The maximum absolute atomic E-state index is 12.1. The summed E-state index contributed by atoms with van der Waals surface area (Å²) in [7, 11) is 0. The molecule has 0 bridgehead atoms. The standard InChI is InChI=1S/C18H29N3O2.C2H2O4/c1-6-21(7-2)13-12-19-16(22)14-8-10-15(11-9-14)20-17(23)18(3,4)5;3-1(4)2(5)6/h8-11H,6-7,12-13H2,1-5H3,(H,19,22)(H,20,23);(H,3,4)(H,5,6)/p-2. The number of hydrogen-bond acceptors (Lipinski definition) is 7. The normalized spacial score (nSPS) is 10.6. The smallest absolute Gasteiger partial charge is 0.251 e. The molecule has 0 spiro atoms. The zero-order valence-electron chi connectivity index (χ0n) is 17.5. The second kappa shape index (κ2) is 12.5. The van der Waals surface area contributed by atoms with Crippen LogP contribution in [0.5, 0.6) is 0 Å². The maximum Gasteiger partial charge on any atom is 0.251 e. The van der Waals surface area contributed by atoms with Gasteiger partial charge in [0.15, 0.2) is 0 Å². The summed E-state index contributed by atoms with van der Waals surface area (Å²) in [4.78, 5) is 44.1. The minimum absolute atomic E-state index is 0.0473. The summed E-state index contributed by atoms with van der Waals surface area (Å²) in [5.74, 6) is -4.51. The Hall–Kier alpha value is -2.94. The van der Waals surface area contributed by atoms with Gasteiger partial charge < -0.3 is 35.3 Å². The Morgan fingerprint density at radius 1 is 0.931 bits per heavy atom. The van der Waals surface area contributed by atoms with E-state index >= 15 is 0 Å². The molecule has 0 fully saturated rings. The van der Waals surface area contributed by atoms with Crippen LogP contribution in [0, 0.1) is 5.41 Å². The third-order valence-electron chi connectivity index (χ3n) is 3.86. The SMILES string of the molecule is CCN(CC)CCNC(=O)c1ccc(NC(=O)C(C)(C)C)cc1.O=C([O-])C(=O)[O-]. The van der Waals surface area contributed by atoms with Crippen LogP contribution in [0.1, 0.15) is 45.0 Å². The van der Waals surface area contributed by atoms with E-state index in [0.717, 1.165) is 19.6 Å². The van der Waals surface area contributed by atoms with E-state index in [0.29, 0.717) is 17.8 Å². The molecule has 0 aliphatic rings. The molecule has 0 aliphatic carbocycles. The van der Waals surface area contributed by atoms with Crippen molar-refractivity contribution >= 4 is 29.4 Å². The molecule has 0 radical (unpaired) electrons. The van der Waals surface area contributed by atoms with Crippen LogP contribution in [-0.4, -0.2) is 54.8 Å². The number of nitrogens with zero attached hydrogens (tertiary/aromatic N) is 1. The minimum Gasteiger partial charge on any atom is -0.543 e. The third kappa shape index (κ3) is 10.8. The number of hydrogen-bond donors (Lipinski definition) is 2. The number of aliphatic carboxylic acids is 2. The van der Waals surface area contributed by atoms with Crippen molar-refractivity contribution in [3.05, 3.63) is 29.8 Å². The monoisotopic (exact) mass is 407 g/mol. The minimum atomic E-state index is -2.19. The number of anilines is 1. The molecule has 0 heterocycles. The molecule has 2 N–H and O–H groups in total. The molecule has 1 aromatic rings. The van der Waals surface area contributed by atoms with Gasteiger partial charge in [0, 0.05) is 29.8 Å². The number of amides is 2. The van der Waals surface area contributed by atoms with Gasteiger partial charge in [0.2, 0.25) is 5.91 Å². The maximum atomic E-state index is 12.1. The van der Waals surface area contributed by atoms with E-state index in [1.165, 1.54) is 0 Å². The zero-order chi connectivity index (χ0) is 22.6. The highest BCUT2D eigenvalue weighted by Gasteiger charge is 2.21. The Bertz CT molecular complexity index is 679. The number of benzene rings is 1. The summed E-state index contributed by atoms with van der Waals surface area (Å²) in [6.07, 6.45) is 0. The average molecular weight is 407 g/mol. The van der Waals surface area contributed by atoms with Crippen LogP contribution in [0.2, 0.25) is 0 Å². The fourth-order valence-electron chi connectivity index (χ4n) is 1.99. The molecule has 2 amide bonds. The number of carbonyl (C=O) groups excluding carboxylic acids is 4. The van der Waals surface area contributed by atoms with Crippen LogP contribution >= 0.6 is 0 Å². The number of carbonyl (C=O) groups is 4. The molecule has 1 aromatic carbocycles. The molecule has 0 aromatic heterocycles. The molecule has 0 atom stereocenters. The predicted octanol–water partition coefficient (Wildman–Crippen LogP) is -0.771. The van der Waals surface area contributed by atoms with E-state index < -0.39 is 17.4 Å². The highest BCUT2D eigenvalue weighted by atomic mass is 16.4. The van der Waals surface area contributed by atoms with Crippen LogP contribution in [0.3, 0.4) is 0 Å². The van der Waals surface area contributed by atoms with E-state index in [1.54, 1.807) is 24.3 Å². The Morgan fingerprint density at radius 2 is 1.41 bits per heavy atom. The van der Waals surface area contributed by atoms with Crippen molar-refractivity contribution in [1.82, 2.24) is 10.2 Å². The first-order chi connectivity index (χ1) is 13.4. The number of carboxylic acid groups (broad SMARTS) is 2. The van der Waals surface area contributed by atoms with Gasteiger partial charge in [0.05, 0.1) is 11.9 Å². The molecule has 29 heavy (non-hydrogen) atoms. The van der Waals surface area contributed by atoms with E-state index in [1.807, 2.05) is 20.8 Å². The van der Waals surface area contributed by atoms with Crippen molar-refractivity contribution in [2.45, 2.75) is 34.6 Å². The molecule has 1 rings (SSSR count). The van der Waals surface area contributed by atoms with Gasteiger partial charge in [0.1, 0.15) is 0 Å². The summed E-state index contributed by atoms with van der Waals surface area (Å²) in [6, 6.07) is 6.96. The lowest BCUT2D eigenvalue weighted by Crippen LogP contribution is -2.42. The predicted molar refractivity (Wildman–Crippen MR) is 105 cm³/mol. The van der Waals surface area contributed by atoms with E-state index in [-0.39, 0.29) is 11.8 Å². The fraction of sp³-hybridized carbons (Fsp3) is 0.500. The summed E-state index contributed by atoms with van der Waals surface area (Å²) in [5.41, 5.74) is 0.850. The summed E-state index contributed by atoms with van der Waals surface area (Å²) >= 11 is 0. The van der Waals surface area contributed by atoms with Crippen LogP contribution in [0.4, 0.5) is 5.69 Å². The van der Waals surface area contributed by atoms with Crippen LogP contribution in [0.25, 0.3) is 0 Å². The number of nitrogens with one attached hydrogen (secondary N) is 2. The Balaban J connectivity index is 0.00000113. The van der Waals surface area contributed by atoms with Crippen molar-refractivity contribution < 1.29 is 29.4 Å². The third-order valence-corrected chi connectivity index (χ3v) is 3.86. The van der Waals surface area contributed by atoms with Gasteiger partial charge >= 0.3 is 0 Å². The second-order valence-corrected chi connectivity index (χ2v) is 7.14. The van der Waals surface area contributed by atoms with Gasteiger partial charge in [-0.05, 0) is 37.4 Å². The first-order valence-electron chi connectivity index (χ1n) is 9.26. The average Bonchev–Trinajstić information content (AvgIpc) is 2.65. The van der Waals surface area contributed by atoms with Crippen molar-refractivity contribution in [3.63, 3.8) is 0 Å². The lowest BCUT2D eigenvalue weighted by Gasteiger charge is -2.18. The van der Waals surface area contributed by atoms with E-state index in [9.17, 15) is 9.59 Å². The molecule has 0 aliphatic heterocycles. The van der Waals surface area contributed by atoms with Gasteiger partial charge in [-0.15, -0.1) is 0 Å². The second-order valence-electron chi connectivity index (χ2n) is 7.14. The lowest BCUT2D eigenvalue weighted by molar-refractivity contribution is -0.345. The molecule has 0 unspecified atom stereocenters. The summed E-state index contributed by atoms with van der Waals surface area (Å²) in [6.45, 7) is 13.2. The first-order valence-corrected chi connectivity index (χ1v) is 9.26. The molecule has 0 saturated heterocycles. The van der Waals surface area contributed by atoms with E-state index in [4.69, 9.17) is 19.8 Å². The summed E-state index contributed by atoms with van der Waals surface area (Å²) in [5, 5.41) is 23.6. The molecule has 0 saturated carbocycles. The van der Waals surface area contributed by atoms with Crippen LogP contribution in [-0.2, 0) is 14.4 Å². The van der Waals surface area contributed by atoms with Crippen molar-refractivity contribution in [2.75, 3.05) is 31.5 Å².